The summed E-state index contributed by atoms with van der Waals surface area (Å²) in [6.07, 6.45) is 2.25. The number of benzene rings is 1. The van der Waals surface area contributed by atoms with Gasteiger partial charge in [-0.1, -0.05) is 36.4 Å². The number of nitrogens with zero attached hydrogens (tertiary/aromatic N) is 3. The molecule has 25 heavy (non-hydrogen) atoms. The number of rotatable bonds is 5. The Morgan fingerprint density at radius 1 is 1.28 bits per heavy atom. The van der Waals surface area contributed by atoms with E-state index in [1.54, 1.807) is 6.20 Å². The van der Waals surface area contributed by atoms with Gasteiger partial charge in [0.2, 0.25) is 0 Å². The molecular weight excluding hydrogens is 314 g/mol. The lowest BCUT2D eigenvalue weighted by Crippen LogP contribution is -2.21. The van der Waals surface area contributed by atoms with Gasteiger partial charge in [-0.2, -0.15) is 5.26 Å². The Morgan fingerprint density at radius 2 is 2.08 bits per heavy atom. The van der Waals surface area contributed by atoms with Crippen LogP contribution in [0.5, 0.6) is 0 Å². The molecule has 2 aromatic rings. The number of ether oxygens (including phenoxy) is 1. The van der Waals surface area contributed by atoms with Crippen molar-refractivity contribution in [1.29, 1.82) is 5.26 Å². The van der Waals surface area contributed by atoms with E-state index in [2.05, 4.69) is 28.1 Å². The monoisotopic (exact) mass is 335 g/mol. The molecule has 0 radical (unpaired) electrons. The fourth-order valence-corrected chi connectivity index (χ4v) is 3.45. The Hall–Kier alpha value is -2.71. The standard InChI is InChI=1S/C20H21N3O2/c1-25-20(24)19-16(8-5-9-22-19)10-17-13-23(14-18(17)11-21)12-15-6-3-2-4-7-15/h2-9,17-18H,10,12-14H2,1H3/t17-,18-/m1/s1. The lowest BCUT2D eigenvalue weighted by molar-refractivity contribution is 0.0592. The van der Waals surface area contributed by atoms with E-state index in [4.69, 9.17) is 4.74 Å². The Balaban J connectivity index is 1.72. The van der Waals surface area contributed by atoms with E-state index in [0.29, 0.717) is 12.1 Å². The zero-order chi connectivity index (χ0) is 17.6. The van der Waals surface area contributed by atoms with Gasteiger partial charge in [0.15, 0.2) is 5.69 Å². The normalized spacial score (nSPS) is 20.2. The molecule has 5 nitrogen and oxygen atoms in total. The summed E-state index contributed by atoms with van der Waals surface area (Å²) in [4.78, 5) is 18.4. The molecule has 2 heterocycles. The van der Waals surface area contributed by atoms with Crippen molar-refractivity contribution in [3.63, 3.8) is 0 Å². The molecule has 0 N–H and O–H groups in total. The van der Waals surface area contributed by atoms with Crippen LogP contribution in [0.2, 0.25) is 0 Å². The molecule has 1 aliphatic heterocycles. The first-order valence-corrected chi connectivity index (χ1v) is 8.39. The maximum atomic E-state index is 11.9. The summed E-state index contributed by atoms with van der Waals surface area (Å²) in [6.45, 7) is 2.43. The van der Waals surface area contributed by atoms with Crippen molar-refractivity contribution in [2.24, 2.45) is 11.8 Å². The van der Waals surface area contributed by atoms with E-state index >= 15 is 0 Å². The largest absolute Gasteiger partial charge is 0.464 e. The van der Waals surface area contributed by atoms with Gasteiger partial charge in [-0.25, -0.2) is 9.78 Å². The maximum absolute atomic E-state index is 11.9. The van der Waals surface area contributed by atoms with Gasteiger partial charge in [-0.15, -0.1) is 0 Å². The number of hydrogen-bond acceptors (Lipinski definition) is 5. The van der Waals surface area contributed by atoms with Crippen LogP contribution in [0.3, 0.4) is 0 Å². The van der Waals surface area contributed by atoms with Gasteiger partial charge >= 0.3 is 5.97 Å². The first-order valence-electron chi connectivity index (χ1n) is 8.39. The number of carbonyl (C=O) groups excluding carboxylic acids is 1. The van der Waals surface area contributed by atoms with Gasteiger partial charge in [0, 0.05) is 25.8 Å². The van der Waals surface area contributed by atoms with Gasteiger partial charge < -0.3 is 4.74 Å². The smallest absolute Gasteiger partial charge is 0.356 e. The van der Waals surface area contributed by atoms with Crippen molar-refractivity contribution in [2.75, 3.05) is 20.2 Å². The number of methoxy groups -OCH3 is 1. The highest BCUT2D eigenvalue weighted by atomic mass is 16.5. The van der Waals surface area contributed by atoms with Gasteiger partial charge in [0.25, 0.3) is 0 Å². The van der Waals surface area contributed by atoms with Crippen molar-refractivity contribution < 1.29 is 9.53 Å². The average Bonchev–Trinajstić information content (AvgIpc) is 3.03. The van der Waals surface area contributed by atoms with Crippen molar-refractivity contribution in [3.05, 3.63) is 65.5 Å². The molecule has 0 aliphatic carbocycles. The zero-order valence-corrected chi connectivity index (χ0v) is 14.3. The second kappa shape index (κ2) is 7.91. The molecule has 1 saturated heterocycles. The van der Waals surface area contributed by atoms with Crippen LogP contribution in [0, 0.1) is 23.2 Å². The third-order valence-corrected chi connectivity index (χ3v) is 4.68. The Morgan fingerprint density at radius 3 is 2.80 bits per heavy atom. The van der Waals surface area contributed by atoms with E-state index < -0.39 is 5.97 Å². The van der Waals surface area contributed by atoms with Crippen LogP contribution in [0.25, 0.3) is 0 Å². The Labute approximate surface area is 147 Å². The lowest BCUT2D eigenvalue weighted by Gasteiger charge is -2.16. The molecule has 0 amide bonds. The average molecular weight is 335 g/mol. The van der Waals surface area contributed by atoms with Crippen LogP contribution < -0.4 is 0 Å². The van der Waals surface area contributed by atoms with Crippen molar-refractivity contribution >= 4 is 5.97 Å². The van der Waals surface area contributed by atoms with E-state index in [9.17, 15) is 10.1 Å². The SMILES string of the molecule is COC(=O)c1ncccc1C[C@@H]1CN(Cc2ccccc2)C[C@H]1C#N. The van der Waals surface area contributed by atoms with Crippen LogP contribution in [-0.2, 0) is 17.7 Å². The molecule has 1 aromatic carbocycles. The topological polar surface area (TPSA) is 66.2 Å². The van der Waals surface area contributed by atoms with Crippen LogP contribution in [0.4, 0.5) is 0 Å². The van der Waals surface area contributed by atoms with Crippen LogP contribution in [0.15, 0.2) is 48.7 Å². The molecule has 0 spiro atoms. The van der Waals surface area contributed by atoms with E-state index in [1.165, 1.54) is 12.7 Å². The predicted molar refractivity (Wildman–Crippen MR) is 93.6 cm³/mol. The molecule has 0 bridgehead atoms. The van der Waals surface area contributed by atoms with Crippen LogP contribution in [0.1, 0.15) is 21.6 Å². The molecule has 5 heteroatoms. The second-order valence-electron chi connectivity index (χ2n) is 6.38. The minimum atomic E-state index is -0.428. The van der Waals surface area contributed by atoms with Gasteiger partial charge in [-0.3, -0.25) is 4.90 Å². The fraction of sp³-hybridized carbons (Fsp3) is 0.350. The highest BCUT2D eigenvalue weighted by Gasteiger charge is 2.33. The maximum Gasteiger partial charge on any atom is 0.356 e. The minimum absolute atomic E-state index is 0.0468. The zero-order valence-electron chi connectivity index (χ0n) is 14.3. The predicted octanol–water partition coefficient (Wildman–Crippen LogP) is 2.68. The lowest BCUT2D eigenvalue weighted by atomic mass is 9.90. The fourth-order valence-electron chi connectivity index (χ4n) is 3.45. The van der Waals surface area contributed by atoms with Gasteiger partial charge in [0.05, 0.1) is 19.1 Å². The Kier molecular flexibility index (Phi) is 5.42. The number of nitriles is 1. The highest BCUT2D eigenvalue weighted by Crippen LogP contribution is 2.28. The summed E-state index contributed by atoms with van der Waals surface area (Å²) in [5.74, 6) is -0.293. The quantitative estimate of drug-likeness (QED) is 0.786. The number of pyridine rings is 1. The van der Waals surface area contributed by atoms with Crippen molar-refractivity contribution in [1.82, 2.24) is 9.88 Å². The highest BCUT2D eigenvalue weighted by molar-refractivity contribution is 5.88. The molecule has 2 atom stereocenters. The van der Waals surface area contributed by atoms with Crippen LogP contribution >= 0.6 is 0 Å². The van der Waals surface area contributed by atoms with Gasteiger partial charge in [0.1, 0.15) is 0 Å². The second-order valence-corrected chi connectivity index (χ2v) is 6.38. The van der Waals surface area contributed by atoms with E-state index in [1.807, 2.05) is 30.3 Å². The first kappa shape index (κ1) is 17.1. The molecule has 1 aromatic heterocycles. The van der Waals surface area contributed by atoms with Crippen molar-refractivity contribution in [3.8, 4) is 6.07 Å². The molecule has 0 unspecified atom stereocenters. The minimum Gasteiger partial charge on any atom is -0.464 e. The van der Waals surface area contributed by atoms with Crippen molar-refractivity contribution in [2.45, 2.75) is 13.0 Å². The third kappa shape index (κ3) is 4.04. The molecule has 1 aliphatic rings. The van der Waals surface area contributed by atoms with Crippen LogP contribution in [-0.4, -0.2) is 36.1 Å². The summed E-state index contributed by atoms with van der Waals surface area (Å²) in [5, 5.41) is 9.54. The first-order chi connectivity index (χ1) is 12.2. The summed E-state index contributed by atoms with van der Waals surface area (Å²) in [5.41, 5.74) is 2.45. The third-order valence-electron chi connectivity index (χ3n) is 4.68. The molecule has 0 saturated carbocycles. The number of aromatic nitrogens is 1. The number of esters is 1. The summed E-state index contributed by atoms with van der Waals surface area (Å²) in [6, 6.07) is 16.4. The van der Waals surface area contributed by atoms with Gasteiger partial charge in [-0.05, 0) is 29.5 Å². The number of hydrogen-bond donors (Lipinski definition) is 0. The van der Waals surface area contributed by atoms with E-state index in [-0.39, 0.29) is 11.8 Å². The molecule has 128 valence electrons. The molecule has 3 rings (SSSR count). The number of carbonyl (C=O) groups is 1. The molecular formula is C20H21N3O2. The molecule has 1 fully saturated rings. The Bertz CT molecular complexity index is 770. The van der Waals surface area contributed by atoms with E-state index in [0.717, 1.165) is 25.2 Å². The summed E-state index contributed by atoms with van der Waals surface area (Å²) in [7, 11) is 1.36. The summed E-state index contributed by atoms with van der Waals surface area (Å²) < 4.78 is 4.82. The summed E-state index contributed by atoms with van der Waals surface area (Å²) >= 11 is 0. The number of likely N-dealkylation sites (tertiary alicyclic amines) is 1.